The Morgan fingerprint density at radius 3 is 2.88 bits per heavy atom. The lowest BCUT2D eigenvalue weighted by molar-refractivity contribution is -0.105. The van der Waals surface area contributed by atoms with E-state index in [0.29, 0.717) is 17.8 Å². The molecule has 6 heteroatoms. The molecule has 2 rings (SSSR count). The van der Waals surface area contributed by atoms with Gasteiger partial charge in [-0.25, -0.2) is 4.98 Å². The molecular formula is C18H20N2O3S. The van der Waals surface area contributed by atoms with Crippen LogP contribution in [0.25, 0.3) is 15.8 Å². The minimum Gasteiger partial charge on any atom is -0.490 e. The number of rotatable bonds is 8. The lowest BCUT2D eigenvalue weighted by Gasteiger charge is -2.12. The van der Waals surface area contributed by atoms with Gasteiger partial charge in [-0.05, 0) is 37.5 Å². The first-order valence-corrected chi connectivity index (χ1v) is 8.44. The van der Waals surface area contributed by atoms with Crippen LogP contribution in [0.2, 0.25) is 0 Å². The monoisotopic (exact) mass is 344 g/mol. The van der Waals surface area contributed by atoms with Crippen LogP contribution in [-0.2, 0) is 4.79 Å². The van der Waals surface area contributed by atoms with Crippen LogP contribution in [0.5, 0.6) is 5.75 Å². The molecule has 5 nitrogen and oxygen atoms in total. The number of carbonyl (C=O) groups excluding carboxylic acids is 1. The first-order chi connectivity index (χ1) is 11.7. The van der Waals surface area contributed by atoms with Crippen molar-refractivity contribution in [2.45, 2.75) is 13.8 Å². The topological polar surface area (TPSA) is 71.5 Å². The molecular weight excluding hydrogens is 324 g/mol. The number of benzene rings is 1. The summed E-state index contributed by atoms with van der Waals surface area (Å²) in [6.07, 6.45) is 4.59. The van der Waals surface area contributed by atoms with Gasteiger partial charge in [0.1, 0.15) is 12.4 Å². The number of nitrogens with zero attached hydrogens (tertiary/aromatic N) is 1. The SMILES string of the molecule is C/C=C\S/C(=C\C)c1cc(OCCO)c2cc(NC=O)ccc2n1. The highest BCUT2D eigenvalue weighted by Crippen LogP contribution is 2.34. The third-order valence-corrected chi connectivity index (χ3v) is 4.30. The van der Waals surface area contributed by atoms with E-state index < -0.39 is 0 Å². The van der Waals surface area contributed by atoms with Crippen molar-refractivity contribution in [1.29, 1.82) is 0 Å². The molecule has 0 aliphatic heterocycles. The van der Waals surface area contributed by atoms with Gasteiger partial charge in [0, 0.05) is 22.0 Å². The smallest absolute Gasteiger partial charge is 0.211 e. The van der Waals surface area contributed by atoms with Gasteiger partial charge in [-0.1, -0.05) is 23.9 Å². The Bertz CT molecular complexity index is 772. The number of carbonyl (C=O) groups is 1. The summed E-state index contributed by atoms with van der Waals surface area (Å²) in [7, 11) is 0. The predicted molar refractivity (Wildman–Crippen MR) is 100 cm³/mol. The van der Waals surface area contributed by atoms with Crippen molar-refractivity contribution in [2.24, 2.45) is 0 Å². The second-order valence-electron chi connectivity index (χ2n) is 4.81. The number of allylic oxidation sites excluding steroid dienone is 2. The summed E-state index contributed by atoms with van der Waals surface area (Å²) in [5, 5.41) is 14.5. The molecule has 0 aliphatic carbocycles. The molecule has 1 heterocycles. The number of thioether (sulfide) groups is 1. The maximum atomic E-state index is 10.6. The zero-order valence-corrected chi connectivity index (χ0v) is 14.5. The summed E-state index contributed by atoms with van der Waals surface area (Å²) in [6, 6.07) is 7.29. The Labute approximate surface area is 145 Å². The van der Waals surface area contributed by atoms with Crippen LogP contribution in [0, 0.1) is 0 Å². The first kappa shape index (κ1) is 18.0. The largest absolute Gasteiger partial charge is 0.490 e. The van der Waals surface area contributed by atoms with Crippen molar-refractivity contribution in [3.63, 3.8) is 0 Å². The Kier molecular flexibility index (Phi) is 6.84. The number of hydrogen-bond donors (Lipinski definition) is 2. The number of aliphatic hydroxyl groups excluding tert-OH is 1. The fraction of sp³-hybridized carbons (Fsp3) is 0.222. The van der Waals surface area contributed by atoms with Gasteiger partial charge in [-0.15, -0.1) is 0 Å². The summed E-state index contributed by atoms with van der Waals surface area (Å²) in [5.74, 6) is 0.624. The van der Waals surface area contributed by atoms with E-state index in [1.54, 1.807) is 17.8 Å². The van der Waals surface area contributed by atoms with Crippen molar-refractivity contribution >= 4 is 39.7 Å². The van der Waals surface area contributed by atoms with Crippen LogP contribution in [0.1, 0.15) is 19.5 Å². The maximum Gasteiger partial charge on any atom is 0.211 e. The molecule has 0 unspecified atom stereocenters. The van der Waals surface area contributed by atoms with Crippen LogP contribution < -0.4 is 10.1 Å². The van der Waals surface area contributed by atoms with Crippen LogP contribution in [0.3, 0.4) is 0 Å². The summed E-state index contributed by atoms with van der Waals surface area (Å²) in [4.78, 5) is 16.3. The molecule has 0 spiro atoms. The lowest BCUT2D eigenvalue weighted by Crippen LogP contribution is -2.03. The van der Waals surface area contributed by atoms with E-state index in [4.69, 9.17) is 9.84 Å². The lowest BCUT2D eigenvalue weighted by atomic mass is 10.1. The molecule has 126 valence electrons. The number of hydrogen-bond acceptors (Lipinski definition) is 5. The molecule has 0 saturated heterocycles. The molecule has 1 aromatic heterocycles. The molecule has 0 saturated carbocycles. The van der Waals surface area contributed by atoms with Gasteiger partial charge < -0.3 is 15.2 Å². The quantitative estimate of drug-likeness (QED) is 0.713. The van der Waals surface area contributed by atoms with Crippen LogP contribution in [0.4, 0.5) is 5.69 Å². The molecule has 0 atom stereocenters. The van der Waals surface area contributed by atoms with Gasteiger partial charge in [0.25, 0.3) is 0 Å². The highest BCUT2D eigenvalue weighted by Gasteiger charge is 2.11. The normalized spacial score (nSPS) is 11.9. The molecule has 0 aliphatic rings. The highest BCUT2D eigenvalue weighted by molar-refractivity contribution is 8.10. The minimum absolute atomic E-state index is 0.0742. The fourth-order valence-corrected chi connectivity index (χ4v) is 2.82. The number of aliphatic hydroxyl groups is 1. The van der Waals surface area contributed by atoms with Crippen LogP contribution in [0.15, 0.2) is 41.8 Å². The minimum atomic E-state index is -0.0742. The van der Waals surface area contributed by atoms with Gasteiger partial charge in [-0.3, -0.25) is 4.79 Å². The number of aromatic nitrogens is 1. The second kappa shape index (κ2) is 9.10. The third kappa shape index (κ3) is 4.37. The Morgan fingerprint density at radius 1 is 1.38 bits per heavy atom. The van der Waals surface area contributed by atoms with Gasteiger partial charge in [0.2, 0.25) is 6.41 Å². The first-order valence-electron chi connectivity index (χ1n) is 7.56. The zero-order chi connectivity index (χ0) is 17.4. The Balaban J connectivity index is 2.54. The van der Waals surface area contributed by atoms with E-state index in [0.717, 1.165) is 21.5 Å². The summed E-state index contributed by atoms with van der Waals surface area (Å²) in [5.41, 5.74) is 2.23. The molecule has 0 radical (unpaired) electrons. The number of ether oxygens (including phenoxy) is 1. The molecule has 1 amide bonds. The summed E-state index contributed by atoms with van der Waals surface area (Å²) in [6.45, 7) is 4.04. The average molecular weight is 344 g/mol. The average Bonchev–Trinajstić information content (AvgIpc) is 2.60. The van der Waals surface area contributed by atoms with Gasteiger partial charge >= 0.3 is 0 Å². The molecule has 1 aromatic carbocycles. The fourth-order valence-electron chi connectivity index (χ4n) is 2.17. The summed E-state index contributed by atoms with van der Waals surface area (Å²) >= 11 is 1.58. The van der Waals surface area contributed by atoms with Gasteiger partial charge in [0.15, 0.2) is 0 Å². The maximum absolute atomic E-state index is 10.6. The Morgan fingerprint density at radius 2 is 2.21 bits per heavy atom. The second-order valence-corrected chi connectivity index (χ2v) is 5.76. The van der Waals surface area contributed by atoms with E-state index in [-0.39, 0.29) is 13.2 Å². The molecule has 0 bridgehead atoms. The standard InChI is InChI=1S/C18H20N2O3S/c1-3-9-24-18(4-2)16-11-17(23-8-7-21)14-10-13(19-12-22)5-6-15(14)20-16/h3-6,9-12,21H,7-8H2,1-2H3,(H,19,22)/b9-3-,18-4-. The van der Waals surface area contributed by atoms with Crippen LogP contribution in [-0.4, -0.2) is 29.7 Å². The molecule has 2 N–H and O–H groups in total. The highest BCUT2D eigenvalue weighted by atomic mass is 32.2. The third-order valence-electron chi connectivity index (χ3n) is 3.19. The van der Waals surface area contributed by atoms with E-state index >= 15 is 0 Å². The molecule has 2 aromatic rings. The Hall–Kier alpha value is -2.31. The molecule has 0 fully saturated rings. The van der Waals surface area contributed by atoms with Crippen molar-refractivity contribution in [3.05, 3.63) is 47.5 Å². The molecule has 24 heavy (non-hydrogen) atoms. The van der Waals surface area contributed by atoms with Crippen LogP contribution >= 0.6 is 11.8 Å². The van der Waals surface area contributed by atoms with Crippen molar-refractivity contribution in [2.75, 3.05) is 18.5 Å². The zero-order valence-electron chi connectivity index (χ0n) is 13.7. The van der Waals surface area contributed by atoms with E-state index in [1.165, 1.54) is 0 Å². The van der Waals surface area contributed by atoms with Crippen molar-refractivity contribution in [1.82, 2.24) is 4.98 Å². The number of fused-ring (bicyclic) bond motifs is 1. The predicted octanol–water partition coefficient (Wildman–Crippen LogP) is 3.80. The van der Waals surface area contributed by atoms with Crippen molar-refractivity contribution in [3.8, 4) is 5.75 Å². The van der Waals surface area contributed by atoms with E-state index in [9.17, 15) is 4.79 Å². The van der Waals surface area contributed by atoms with Gasteiger partial charge in [0.05, 0.1) is 17.8 Å². The number of anilines is 1. The number of amides is 1. The van der Waals surface area contributed by atoms with E-state index in [2.05, 4.69) is 10.3 Å². The summed E-state index contributed by atoms with van der Waals surface area (Å²) < 4.78 is 5.68. The number of nitrogens with one attached hydrogen (secondary N) is 1. The number of pyridine rings is 1. The van der Waals surface area contributed by atoms with E-state index in [1.807, 2.05) is 49.6 Å². The van der Waals surface area contributed by atoms with Crippen molar-refractivity contribution < 1.29 is 14.6 Å². The van der Waals surface area contributed by atoms with Gasteiger partial charge in [-0.2, -0.15) is 0 Å².